The van der Waals surface area contributed by atoms with Crippen LogP contribution in [0.15, 0.2) is 88.0 Å². The van der Waals surface area contributed by atoms with Gasteiger partial charge in [0.05, 0.1) is 22.7 Å². The van der Waals surface area contributed by atoms with Gasteiger partial charge in [0, 0.05) is 25.4 Å². The van der Waals surface area contributed by atoms with Gasteiger partial charge in [0.25, 0.3) is 0 Å². The fraction of sp³-hybridized carbons (Fsp3) is 0.370. The first kappa shape index (κ1) is 29.6. The summed E-state index contributed by atoms with van der Waals surface area (Å²) in [5.74, 6) is 0.153. The fourth-order valence-electron chi connectivity index (χ4n) is 2.98. The van der Waals surface area contributed by atoms with Crippen LogP contribution < -0.4 is 16.0 Å². The molecule has 4 N–H and O–H groups in total. The van der Waals surface area contributed by atoms with Gasteiger partial charge in [0.2, 0.25) is 0 Å². The van der Waals surface area contributed by atoms with E-state index < -0.39 is 0 Å². The Morgan fingerprint density at radius 3 is 2.30 bits per heavy atom. The average Bonchev–Trinajstić information content (AvgIpc) is 2.79. The highest BCUT2D eigenvalue weighted by molar-refractivity contribution is 6.23. The van der Waals surface area contributed by atoms with Crippen molar-refractivity contribution in [2.45, 2.75) is 53.9 Å². The first-order chi connectivity index (χ1) is 15.8. The van der Waals surface area contributed by atoms with Gasteiger partial charge in [0.1, 0.15) is 5.84 Å². The highest BCUT2D eigenvalue weighted by Gasteiger charge is 2.17. The number of hydrogen-bond donors (Lipinski definition) is 4. The molecule has 0 aromatic carbocycles. The molecule has 0 saturated heterocycles. The summed E-state index contributed by atoms with van der Waals surface area (Å²) in [5.41, 5.74) is 4.81. The van der Waals surface area contributed by atoms with E-state index in [0.29, 0.717) is 22.7 Å². The van der Waals surface area contributed by atoms with E-state index in [4.69, 9.17) is 10.4 Å². The number of aliphatic imine (C=N–C) groups is 1. The van der Waals surface area contributed by atoms with Crippen LogP contribution >= 0.6 is 0 Å². The maximum Gasteiger partial charge on any atom is 0.154 e. The van der Waals surface area contributed by atoms with Gasteiger partial charge in [-0.05, 0) is 51.5 Å². The molecule has 0 atom stereocenters. The number of nitrogens with one attached hydrogen (secondary N) is 4. The van der Waals surface area contributed by atoms with Crippen molar-refractivity contribution in [2.75, 3.05) is 14.1 Å². The van der Waals surface area contributed by atoms with Gasteiger partial charge in [-0.25, -0.2) is 4.99 Å². The van der Waals surface area contributed by atoms with Gasteiger partial charge in [-0.3, -0.25) is 10.2 Å². The second kappa shape index (κ2) is 17.2. The van der Waals surface area contributed by atoms with Crippen LogP contribution in [0.3, 0.4) is 0 Å². The molecule has 0 spiro atoms. The molecule has 0 aliphatic rings. The van der Waals surface area contributed by atoms with E-state index in [9.17, 15) is 4.79 Å². The van der Waals surface area contributed by atoms with E-state index in [0.717, 1.165) is 42.4 Å². The number of aldehydes is 1. The third-order valence-corrected chi connectivity index (χ3v) is 4.69. The van der Waals surface area contributed by atoms with Crippen LogP contribution in [0.5, 0.6) is 0 Å². The van der Waals surface area contributed by atoms with E-state index in [2.05, 4.69) is 41.6 Å². The topological polar surface area (TPSA) is 89.4 Å². The predicted molar refractivity (Wildman–Crippen MR) is 143 cm³/mol. The Morgan fingerprint density at radius 2 is 1.82 bits per heavy atom. The minimum absolute atomic E-state index is 0.153. The molecule has 0 aromatic rings. The third-order valence-electron chi connectivity index (χ3n) is 4.69. The van der Waals surface area contributed by atoms with Gasteiger partial charge in [-0.15, -0.1) is 0 Å². The third kappa shape index (κ3) is 10.2. The van der Waals surface area contributed by atoms with E-state index in [1.807, 2.05) is 32.9 Å². The number of carbonyl (C=O) groups is 1. The Morgan fingerprint density at radius 1 is 1.12 bits per heavy atom. The molecule has 0 fully saturated rings. The maximum absolute atomic E-state index is 12.2. The summed E-state index contributed by atoms with van der Waals surface area (Å²) in [6.07, 6.45) is 16.8. The van der Waals surface area contributed by atoms with E-state index in [1.54, 1.807) is 39.4 Å². The van der Waals surface area contributed by atoms with Gasteiger partial charge < -0.3 is 16.0 Å². The predicted octanol–water partition coefficient (Wildman–Crippen LogP) is 5.48. The van der Waals surface area contributed by atoms with E-state index >= 15 is 0 Å². The Balaban J connectivity index is 6.85. The normalized spacial score (nSPS) is 14.7. The Kier molecular flexibility index (Phi) is 15.4. The largest absolute Gasteiger partial charge is 0.394 e. The van der Waals surface area contributed by atoms with Gasteiger partial charge in [0.15, 0.2) is 6.29 Å². The molecular formula is C27H41N5O. The quantitative estimate of drug-likeness (QED) is 0.0926. The first-order valence-electron chi connectivity index (χ1n) is 11.3. The second-order valence-electron chi connectivity index (χ2n) is 7.22. The zero-order chi connectivity index (χ0) is 25.2. The monoisotopic (exact) mass is 451 g/mol. The smallest absolute Gasteiger partial charge is 0.154 e. The lowest BCUT2D eigenvalue weighted by molar-refractivity contribution is -0.104. The number of rotatable bonds is 14. The summed E-state index contributed by atoms with van der Waals surface area (Å²) >= 11 is 0. The molecule has 6 heteroatoms. The molecule has 0 aliphatic heterocycles. The van der Waals surface area contributed by atoms with Crippen LogP contribution in [-0.2, 0) is 4.79 Å². The maximum atomic E-state index is 12.2. The van der Waals surface area contributed by atoms with E-state index in [-0.39, 0.29) is 5.84 Å². The Bertz CT molecular complexity index is 895. The lowest BCUT2D eigenvalue weighted by Crippen LogP contribution is -2.26. The summed E-state index contributed by atoms with van der Waals surface area (Å²) in [5, 5.41) is 17.0. The summed E-state index contributed by atoms with van der Waals surface area (Å²) < 4.78 is 0. The van der Waals surface area contributed by atoms with Crippen molar-refractivity contribution in [2.24, 2.45) is 4.99 Å². The molecule has 0 aromatic heterocycles. The number of hydrogen-bond acceptors (Lipinski definition) is 5. The standard InChI is InChI=1S/C27H41N5O/c1-9-13-14-16-20(5)22(11-3)25(15-10-2)32-27(24(12-4)30-8)23(19-33)21(6)31-26(28)17-18-29-7/h11-12,14-19,29-30H,3,9-10,13H2,1-2,4-8H3,(H2,28,31)/b16-14-,18-17-,22-20?,23-21+,24-12+,25-15+,32-27-. The molecule has 0 saturated carbocycles. The number of allylic oxidation sites excluding steroid dienone is 8. The van der Waals surface area contributed by atoms with E-state index in [1.165, 1.54) is 0 Å². The molecule has 0 rings (SSSR count). The molecule has 0 bridgehead atoms. The Labute approximate surface area is 200 Å². The number of amidine groups is 1. The number of carbonyl (C=O) groups excluding carboxylic acids is 1. The lowest BCUT2D eigenvalue weighted by Gasteiger charge is -2.16. The molecule has 180 valence electrons. The summed E-state index contributed by atoms with van der Waals surface area (Å²) in [7, 11) is 3.55. The molecule has 33 heavy (non-hydrogen) atoms. The van der Waals surface area contributed by atoms with Crippen molar-refractivity contribution in [1.82, 2.24) is 16.0 Å². The molecule has 0 heterocycles. The van der Waals surface area contributed by atoms with Crippen LogP contribution in [0.25, 0.3) is 0 Å². The fourth-order valence-corrected chi connectivity index (χ4v) is 2.98. The van der Waals surface area contributed by atoms with Crippen molar-refractivity contribution >= 4 is 17.8 Å². The molecular weight excluding hydrogens is 410 g/mol. The molecule has 0 amide bonds. The summed E-state index contributed by atoms with van der Waals surface area (Å²) in [6.45, 7) is 13.9. The minimum Gasteiger partial charge on any atom is -0.394 e. The SMILES string of the molecule is C=CC(=C(C)/C=C\CCC)C(=C\CC)/N=C(C(/C=O)=C(\C)NC(=N)/C=C\NC)\C(=C/C)NC. The second-order valence-corrected chi connectivity index (χ2v) is 7.22. The van der Waals surface area contributed by atoms with Crippen molar-refractivity contribution in [3.05, 3.63) is 83.0 Å². The molecule has 6 nitrogen and oxygen atoms in total. The zero-order valence-corrected chi connectivity index (χ0v) is 21.3. The van der Waals surface area contributed by atoms with Crippen LogP contribution in [-0.4, -0.2) is 31.9 Å². The zero-order valence-electron chi connectivity index (χ0n) is 21.3. The van der Waals surface area contributed by atoms with Crippen molar-refractivity contribution in [1.29, 1.82) is 5.41 Å². The van der Waals surface area contributed by atoms with Crippen molar-refractivity contribution in [3.8, 4) is 0 Å². The van der Waals surface area contributed by atoms with Gasteiger partial charge >= 0.3 is 0 Å². The highest BCUT2D eigenvalue weighted by atomic mass is 16.1. The van der Waals surface area contributed by atoms with Crippen molar-refractivity contribution < 1.29 is 4.79 Å². The average molecular weight is 452 g/mol. The highest BCUT2D eigenvalue weighted by Crippen LogP contribution is 2.22. The van der Waals surface area contributed by atoms with Crippen LogP contribution in [0.1, 0.15) is 53.9 Å². The number of nitrogens with zero attached hydrogens (tertiary/aromatic N) is 1. The summed E-state index contributed by atoms with van der Waals surface area (Å²) in [4.78, 5) is 17.2. The minimum atomic E-state index is 0.153. The molecule has 0 unspecified atom stereocenters. The van der Waals surface area contributed by atoms with Crippen LogP contribution in [0.2, 0.25) is 0 Å². The molecule has 0 aliphatic carbocycles. The van der Waals surface area contributed by atoms with Crippen molar-refractivity contribution in [3.63, 3.8) is 0 Å². The first-order valence-corrected chi connectivity index (χ1v) is 11.3. The molecule has 0 radical (unpaired) electrons. The Hall–Kier alpha value is -3.41. The number of unbranched alkanes of at least 4 members (excludes halogenated alkanes) is 1. The van der Waals surface area contributed by atoms with Crippen LogP contribution in [0.4, 0.5) is 0 Å². The lowest BCUT2D eigenvalue weighted by atomic mass is 10.0. The van der Waals surface area contributed by atoms with Crippen LogP contribution in [0, 0.1) is 5.41 Å². The summed E-state index contributed by atoms with van der Waals surface area (Å²) in [6, 6.07) is 0. The van der Waals surface area contributed by atoms with Gasteiger partial charge in [-0.1, -0.05) is 57.2 Å². The van der Waals surface area contributed by atoms with Gasteiger partial charge in [-0.2, -0.15) is 0 Å².